The molecule has 0 fully saturated rings. The highest BCUT2D eigenvalue weighted by molar-refractivity contribution is 5.22. The van der Waals surface area contributed by atoms with Crippen molar-refractivity contribution < 1.29 is 9.52 Å². The predicted molar refractivity (Wildman–Crippen MR) is 46.0 cm³/mol. The van der Waals surface area contributed by atoms with Crippen LogP contribution in [-0.2, 0) is 7.05 Å². The van der Waals surface area contributed by atoms with Gasteiger partial charge in [0.15, 0.2) is 0 Å². The second-order valence-corrected chi connectivity index (χ2v) is 2.91. The molecule has 1 unspecified atom stereocenters. The van der Waals surface area contributed by atoms with Gasteiger partial charge in [0, 0.05) is 24.4 Å². The first-order valence-electron chi connectivity index (χ1n) is 3.96. The van der Waals surface area contributed by atoms with Gasteiger partial charge in [0.2, 0.25) is 0 Å². The summed E-state index contributed by atoms with van der Waals surface area (Å²) in [6, 6.07) is 1.73. The molecule has 0 aromatic carbocycles. The molecule has 1 N–H and O–H groups in total. The molecule has 2 heterocycles. The molecule has 4 heteroatoms. The van der Waals surface area contributed by atoms with Crippen LogP contribution in [0.3, 0.4) is 0 Å². The highest BCUT2D eigenvalue weighted by atomic mass is 16.3. The average molecular weight is 178 g/mol. The molecule has 0 bridgehead atoms. The van der Waals surface area contributed by atoms with Crippen LogP contribution in [0.4, 0.5) is 0 Å². The van der Waals surface area contributed by atoms with Gasteiger partial charge in [0.25, 0.3) is 0 Å². The second kappa shape index (κ2) is 3.06. The number of aliphatic hydroxyl groups is 1. The van der Waals surface area contributed by atoms with Crippen LogP contribution in [0.1, 0.15) is 17.2 Å². The SMILES string of the molecule is Cn1cc(C(O)c2ccoc2)cn1. The van der Waals surface area contributed by atoms with E-state index in [-0.39, 0.29) is 0 Å². The van der Waals surface area contributed by atoms with Gasteiger partial charge in [-0.2, -0.15) is 5.10 Å². The molecule has 0 aliphatic rings. The lowest BCUT2D eigenvalue weighted by Gasteiger charge is -2.03. The van der Waals surface area contributed by atoms with Gasteiger partial charge in [0.1, 0.15) is 6.10 Å². The summed E-state index contributed by atoms with van der Waals surface area (Å²) in [5.74, 6) is 0. The Morgan fingerprint density at radius 1 is 1.54 bits per heavy atom. The Bertz CT molecular complexity index is 378. The zero-order valence-electron chi connectivity index (χ0n) is 7.21. The van der Waals surface area contributed by atoms with Gasteiger partial charge in [-0.15, -0.1) is 0 Å². The number of aryl methyl sites for hydroxylation is 1. The topological polar surface area (TPSA) is 51.2 Å². The lowest BCUT2D eigenvalue weighted by molar-refractivity contribution is 0.219. The quantitative estimate of drug-likeness (QED) is 0.749. The smallest absolute Gasteiger partial charge is 0.110 e. The molecule has 0 radical (unpaired) electrons. The van der Waals surface area contributed by atoms with Crippen LogP contribution in [0.2, 0.25) is 0 Å². The molecule has 2 aromatic rings. The molecular weight excluding hydrogens is 168 g/mol. The van der Waals surface area contributed by atoms with Crippen molar-refractivity contribution in [2.75, 3.05) is 0 Å². The molecule has 0 aliphatic carbocycles. The number of furan rings is 1. The van der Waals surface area contributed by atoms with Crippen LogP contribution in [0.5, 0.6) is 0 Å². The molecule has 13 heavy (non-hydrogen) atoms. The van der Waals surface area contributed by atoms with Crippen molar-refractivity contribution in [2.45, 2.75) is 6.10 Å². The first-order valence-corrected chi connectivity index (χ1v) is 3.96. The maximum atomic E-state index is 9.78. The Balaban J connectivity index is 2.28. The van der Waals surface area contributed by atoms with Gasteiger partial charge in [0.05, 0.1) is 18.7 Å². The second-order valence-electron chi connectivity index (χ2n) is 2.91. The standard InChI is InChI=1S/C9H10N2O2/c1-11-5-8(4-10-11)9(12)7-2-3-13-6-7/h2-6,9,12H,1H3. The van der Waals surface area contributed by atoms with E-state index in [2.05, 4.69) is 5.10 Å². The Hall–Kier alpha value is -1.55. The molecule has 68 valence electrons. The fourth-order valence-corrected chi connectivity index (χ4v) is 1.20. The number of aliphatic hydroxyl groups excluding tert-OH is 1. The van der Waals surface area contributed by atoms with Crippen LogP contribution >= 0.6 is 0 Å². The van der Waals surface area contributed by atoms with E-state index >= 15 is 0 Å². The minimum atomic E-state index is -0.646. The van der Waals surface area contributed by atoms with Gasteiger partial charge in [-0.3, -0.25) is 4.68 Å². The Labute approximate surface area is 75.4 Å². The first kappa shape index (κ1) is 8.07. The van der Waals surface area contributed by atoms with Crippen LogP contribution in [-0.4, -0.2) is 14.9 Å². The van der Waals surface area contributed by atoms with Crippen LogP contribution in [0.15, 0.2) is 35.4 Å². The van der Waals surface area contributed by atoms with E-state index in [1.54, 1.807) is 23.1 Å². The van der Waals surface area contributed by atoms with Crippen molar-refractivity contribution in [3.63, 3.8) is 0 Å². The highest BCUT2D eigenvalue weighted by Gasteiger charge is 2.12. The zero-order chi connectivity index (χ0) is 9.26. The van der Waals surface area contributed by atoms with Crippen molar-refractivity contribution in [1.29, 1.82) is 0 Å². The number of hydrogen-bond acceptors (Lipinski definition) is 3. The Kier molecular flexibility index (Phi) is 1.90. The van der Waals surface area contributed by atoms with E-state index in [0.29, 0.717) is 0 Å². The Morgan fingerprint density at radius 2 is 2.38 bits per heavy atom. The summed E-state index contributed by atoms with van der Waals surface area (Å²) in [6.07, 6.45) is 5.83. The van der Waals surface area contributed by atoms with E-state index in [0.717, 1.165) is 11.1 Å². The van der Waals surface area contributed by atoms with Gasteiger partial charge >= 0.3 is 0 Å². The lowest BCUT2D eigenvalue weighted by Crippen LogP contribution is -1.95. The summed E-state index contributed by atoms with van der Waals surface area (Å²) in [4.78, 5) is 0. The largest absolute Gasteiger partial charge is 0.472 e. The van der Waals surface area contributed by atoms with E-state index in [1.165, 1.54) is 12.5 Å². The summed E-state index contributed by atoms with van der Waals surface area (Å²) in [7, 11) is 1.81. The third kappa shape index (κ3) is 1.48. The molecule has 0 spiro atoms. The van der Waals surface area contributed by atoms with Crippen molar-refractivity contribution in [1.82, 2.24) is 9.78 Å². The maximum absolute atomic E-state index is 9.78. The lowest BCUT2D eigenvalue weighted by atomic mass is 10.1. The monoisotopic (exact) mass is 178 g/mol. The summed E-state index contributed by atoms with van der Waals surface area (Å²) < 4.78 is 6.53. The van der Waals surface area contributed by atoms with Crippen molar-refractivity contribution in [3.05, 3.63) is 42.1 Å². The summed E-state index contributed by atoms with van der Waals surface area (Å²) in [5.41, 5.74) is 1.51. The van der Waals surface area contributed by atoms with E-state index in [4.69, 9.17) is 4.42 Å². The van der Waals surface area contributed by atoms with Crippen LogP contribution in [0, 0.1) is 0 Å². The summed E-state index contributed by atoms with van der Waals surface area (Å²) >= 11 is 0. The first-order chi connectivity index (χ1) is 6.27. The molecular formula is C9H10N2O2. The molecule has 0 saturated heterocycles. The normalized spacial score (nSPS) is 13.1. The van der Waals surface area contributed by atoms with Gasteiger partial charge < -0.3 is 9.52 Å². The number of aromatic nitrogens is 2. The number of nitrogens with zero attached hydrogens (tertiary/aromatic N) is 2. The fourth-order valence-electron chi connectivity index (χ4n) is 1.20. The van der Waals surface area contributed by atoms with Crippen LogP contribution in [0.25, 0.3) is 0 Å². The van der Waals surface area contributed by atoms with E-state index < -0.39 is 6.10 Å². The summed E-state index contributed by atoms with van der Waals surface area (Å²) in [6.45, 7) is 0. The predicted octanol–water partition coefficient (Wildman–Crippen LogP) is 1.09. The van der Waals surface area contributed by atoms with Crippen LogP contribution < -0.4 is 0 Å². The van der Waals surface area contributed by atoms with E-state index in [9.17, 15) is 5.11 Å². The Morgan fingerprint density at radius 3 is 2.92 bits per heavy atom. The zero-order valence-corrected chi connectivity index (χ0v) is 7.21. The third-order valence-electron chi connectivity index (χ3n) is 1.90. The minimum Gasteiger partial charge on any atom is -0.472 e. The molecule has 0 aliphatic heterocycles. The number of hydrogen-bond donors (Lipinski definition) is 1. The van der Waals surface area contributed by atoms with Crippen molar-refractivity contribution >= 4 is 0 Å². The average Bonchev–Trinajstić information content (AvgIpc) is 2.72. The maximum Gasteiger partial charge on any atom is 0.110 e. The molecule has 2 aromatic heterocycles. The van der Waals surface area contributed by atoms with Gasteiger partial charge in [-0.1, -0.05) is 0 Å². The molecule has 0 saturated carbocycles. The molecule has 1 atom stereocenters. The fraction of sp³-hybridized carbons (Fsp3) is 0.222. The minimum absolute atomic E-state index is 0.646. The molecule has 0 amide bonds. The number of rotatable bonds is 2. The van der Waals surface area contributed by atoms with Crippen molar-refractivity contribution in [3.8, 4) is 0 Å². The van der Waals surface area contributed by atoms with Gasteiger partial charge in [-0.25, -0.2) is 0 Å². The van der Waals surface area contributed by atoms with Gasteiger partial charge in [-0.05, 0) is 6.07 Å². The van der Waals surface area contributed by atoms with E-state index in [1.807, 2.05) is 7.05 Å². The molecule has 4 nitrogen and oxygen atoms in total. The highest BCUT2D eigenvalue weighted by Crippen LogP contribution is 2.20. The van der Waals surface area contributed by atoms with Crippen molar-refractivity contribution in [2.24, 2.45) is 7.05 Å². The third-order valence-corrected chi connectivity index (χ3v) is 1.90. The molecule has 2 rings (SSSR count). The summed E-state index contributed by atoms with van der Waals surface area (Å²) in [5, 5.41) is 13.8.